The number of carbonyl (C=O) groups is 1. The maximum Gasteiger partial charge on any atom is 0.494 e. The molecule has 2 aliphatic heterocycles. The molecule has 3 fully saturated rings. The third kappa shape index (κ3) is 3.13. The minimum Gasteiger partial charge on any atom is -0.399 e. The first kappa shape index (κ1) is 17.1. The summed E-state index contributed by atoms with van der Waals surface area (Å²) in [5.41, 5.74) is 2.67. The fourth-order valence-corrected chi connectivity index (χ4v) is 3.66. The maximum atomic E-state index is 12.4. The molecule has 1 amide bonds. The van der Waals surface area contributed by atoms with Gasteiger partial charge in [-0.3, -0.25) is 4.79 Å². The van der Waals surface area contributed by atoms with Crippen LogP contribution in [-0.2, 0) is 14.1 Å². The molecular weight excluding hydrogens is 313 g/mol. The van der Waals surface area contributed by atoms with Gasteiger partial charge in [-0.2, -0.15) is 0 Å². The maximum absolute atomic E-state index is 12.4. The fourth-order valence-electron chi connectivity index (χ4n) is 3.66. The molecule has 0 bridgehead atoms. The van der Waals surface area contributed by atoms with Crippen LogP contribution < -0.4 is 10.4 Å². The first-order valence-corrected chi connectivity index (χ1v) is 9.58. The minimum absolute atomic E-state index is 0.235. The van der Waals surface area contributed by atoms with Crippen molar-refractivity contribution in [3.63, 3.8) is 0 Å². The lowest BCUT2D eigenvalue weighted by atomic mass is 9.77. The molecule has 134 valence electrons. The molecule has 0 atom stereocenters. The molecule has 1 saturated carbocycles. The van der Waals surface area contributed by atoms with Crippen molar-refractivity contribution in [2.24, 2.45) is 0 Å². The predicted molar refractivity (Wildman–Crippen MR) is 100 cm³/mol. The monoisotopic (exact) mass is 341 g/mol. The van der Waals surface area contributed by atoms with E-state index in [0.29, 0.717) is 12.3 Å². The van der Waals surface area contributed by atoms with Crippen molar-refractivity contribution in [1.29, 1.82) is 0 Å². The van der Waals surface area contributed by atoms with E-state index >= 15 is 0 Å². The molecule has 0 N–H and O–H groups in total. The molecule has 3 aliphatic rings. The van der Waals surface area contributed by atoms with Crippen molar-refractivity contribution in [3.05, 3.63) is 23.8 Å². The Labute approximate surface area is 151 Å². The van der Waals surface area contributed by atoms with E-state index in [4.69, 9.17) is 9.31 Å². The van der Waals surface area contributed by atoms with Crippen molar-refractivity contribution in [3.8, 4) is 0 Å². The number of hydrogen-bond acceptors (Lipinski definition) is 3. The topological polar surface area (TPSA) is 38.8 Å². The highest BCUT2D eigenvalue weighted by Gasteiger charge is 2.52. The molecule has 0 radical (unpaired) electrons. The van der Waals surface area contributed by atoms with Crippen LogP contribution in [0.25, 0.3) is 0 Å². The van der Waals surface area contributed by atoms with E-state index < -0.39 is 0 Å². The summed E-state index contributed by atoms with van der Waals surface area (Å²) in [7, 11) is -0.373. The standard InChI is InChI=1S/C20H28BNO3/c1-19(2)20(3,4)25-21(24-19)16-11-15(14-8-9-14)12-17(13-16)22-10-6-5-7-18(22)23/h11-14H,5-10H2,1-4H3. The average molecular weight is 341 g/mol. The van der Waals surface area contributed by atoms with Gasteiger partial charge in [0.15, 0.2) is 0 Å². The highest BCUT2D eigenvalue weighted by molar-refractivity contribution is 6.62. The minimum atomic E-state index is -0.373. The summed E-state index contributed by atoms with van der Waals surface area (Å²) in [5.74, 6) is 0.861. The summed E-state index contributed by atoms with van der Waals surface area (Å²) < 4.78 is 12.5. The predicted octanol–water partition coefficient (Wildman–Crippen LogP) is 3.38. The van der Waals surface area contributed by atoms with Crippen molar-refractivity contribution in [1.82, 2.24) is 0 Å². The molecule has 2 heterocycles. The van der Waals surface area contributed by atoms with Crippen LogP contribution in [0.2, 0.25) is 0 Å². The van der Waals surface area contributed by atoms with Crippen LogP contribution in [0.5, 0.6) is 0 Å². The van der Waals surface area contributed by atoms with Gasteiger partial charge in [0.2, 0.25) is 5.91 Å². The lowest BCUT2D eigenvalue weighted by Gasteiger charge is -2.32. The molecule has 25 heavy (non-hydrogen) atoms. The van der Waals surface area contributed by atoms with E-state index in [0.717, 1.165) is 30.5 Å². The van der Waals surface area contributed by atoms with Crippen molar-refractivity contribution < 1.29 is 14.1 Å². The van der Waals surface area contributed by atoms with E-state index in [1.54, 1.807) is 0 Å². The summed E-state index contributed by atoms with van der Waals surface area (Å²) >= 11 is 0. The Kier molecular flexibility index (Phi) is 4.00. The zero-order valence-electron chi connectivity index (χ0n) is 15.8. The fraction of sp³-hybridized carbons (Fsp3) is 0.650. The third-order valence-corrected chi connectivity index (χ3v) is 6.17. The zero-order chi connectivity index (χ0) is 17.8. The van der Waals surface area contributed by atoms with Gasteiger partial charge in [-0.25, -0.2) is 0 Å². The summed E-state index contributed by atoms with van der Waals surface area (Å²) in [4.78, 5) is 14.3. The summed E-state index contributed by atoms with van der Waals surface area (Å²) in [6.07, 6.45) is 5.20. The van der Waals surface area contributed by atoms with Gasteiger partial charge in [0, 0.05) is 18.7 Å². The summed E-state index contributed by atoms with van der Waals surface area (Å²) in [6, 6.07) is 6.52. The van der Waals surface area contributed by atoms with Crippen LogP contribution in [0.3, 0.4) is 0 Å². The van der Waals surface area contributed by atoms with Crippen LogP contribution in [0.15, 0.2) is 18.2 Å². The molecule has 4 nitrogen and oxygen atoms in total. The molecule has 0 spiro atoms. The highest BCUT2D eigenvalue weighted by atomic mass is 16.7. The van der Waals surface area contributed by atoms with Crippen LogP contribution in [0.4, 0.5) is 5.69 Å². The second kappa shape index (κ2) is 5.85. The molecule has 0 unspecified atom stereocenters. The van der Waals surface area contributed by atoms with Crippen LogP contribution in [0.1, 0.15) is 71.3 Å². The van der Waals surface area contributed by atoms with Crippen molar-refractivity contribution >= 4 is 24.2 Å². The second-order valence-electron chi connectivity index (χ2n) is 8.72. The van der Waals surface area contributed by atoms with Gasteiger partial charge in [-0.1, -0.05) is 6.07 Å². The Morgan fingerprint density at radius 1 is 1.04 bits per heavy atom. The summed E-state index contributed by atoms with van der Waals surface area (Å²) in [5, 5.41) is 0. The molecule has 5 heteroatoms. The number of amides is 1. The Morgan fingerprint density at radius 2 is 1.72 bits per heavy atom. The third-order valence-electron chi connectivity index (χ3n) is 6.17. The van der Waals surface area contributed by atoms with E-state index in [1.807, 2.05) is 4.90 Å². The molecule has 2 saturated heterocycles. The number of carbonyl (C=O) groups excluding carboxylic acids is 1. The molecule has 1 aromatic carbocycles. The molecule has 1 aliphatic carbocycles. The van der Waals surface area contributed by atoms with Gasteiger partial charge in [0.05, 0.1) is 11.2 Å². The molecule has 0 aromatic heterocycles. The molecule has 4 rings (SSSR count). The number of benzene rings is 1. The van der Waals surface area contributed by atoms with Crippen LogP contribution in [-0.4, -0.2) is 30.8 Å². The SMILES string of the molecule is CC1(C)OB(c2cc(C3CC3)cc(N3CCCCC3=O)c2)OC1(C)C. The van der Waals surface area contributed by atoms with Crippen molar-refractivity contribution in [2.45, 2.75) is 76.9 Å². The second-order valence-corrected chi connectivity index (χ2v) is 8.72. The van der Waals surface area contributed by atoms with E-state index in [1.165, 1.54) is 18.4 Å². The van der Waals surface area contributed by atoms with E-state index in [9.17, 15) is 4.79 Å². The Morgan fingerprint density at radius 3 is 2.32 bits per heavy atom. The van der Waals surface area contributed by atoms with E-state index in [-0.39, 0.29) is 24.2 Å². The van der Waals surface area contributed by atoms with E-state index in [2.05, 4.69) is 45.9 Å². The lowest BCUT2D eigenvalue weighted by Crippen LogP contribution is -2.41. The Bertz CT molecular complexity index is 680. The first-order chi connectivity index (χ1) is 11.8. The first-order valence-electron chi connectivity index (χ1n) is 9.58. The summed E-state index contributed by atoms with van der Waals surface area (Å²) in [6.45, 7) is 9.12. The van der Waals surface area contributed by atoms with Gasteiger partial charge < -0.3 is 14.2 Å². The average Bonchev–Trinajstić information content (AvgIpc) is 3.35. The van der Waals surface area contributed by atoms with Gasteiger partial charge in [-0.05, 0) is 82.5 Å². The van der Waals surface area contributed by atoms with Gasteiger partial charge in [0.1, 0.15) is 0 Å². The number of nitrogens with zero attached hydrogens (tertiary/aromatic N) is 1. The number of anilines is 1. The normalized spacial score (nSPS) is 25.5. The zero-order valence-corrected chi connectivity index (χ0v) is 15.8. The van der Waals surface area contributed by atoms with Gasteiger partial charge in [-0.15, -0.1) is 0 Å². The molecule has 1 aromatic rings. The smallest absolute Gasteiger partial charge is 0.399 e. The Hall–Kier alpha value is -1.33. The largest absolute Gasteiger partial charge is 0.494 e. The van der Waals surface area contributed by atoms with Gasteiger partial charge in [0.25, 0.3) is 0 Å². The number of rotatable bonds is 3. The van der Waals surface area contributed by atoms with Crippen LogP contribution in [0, 0.1) is 0 Å². The Balaban J connectivity index is 1.69. The number of piperidine rings is 1. The van der Waals surface area contributed by atoms with Gasteiger partial charge >= 0.3 is 7.12 Å². The highest BCUT2D eigenvalue weighted by Crippen LogP contribution is 2.42. The van der Waals surface area contributed by atoms with Crippen molar-refractivity contribution in [2.75, 3.05) is 11.4 Å². The lowest BCUT2D eigenvalue weighted by molar-refractivity contribution is -0.119. The van der Waals surface area contributed by atoms with Crippen LogP contribution >= 0.6 is 0 Å². The number of hydrogen-bond donors (Lipinski definition) is 0. The quantitative estimate of drug-likeness (QED) is 0.791. The molecular formula is C20H28BNO3.